The summed E-state index contributed by atoms with van der Waals surface area (Å²) < 4.78 is 2.87. The molecule has 27 heavy (non-hydrogen) atoms. The highest BCUT2D eigenvalue weighted by molar-refractivity contribution is 7.98. The van der Waals surface area contributed by atoms with Gasteiger partial charge in [-0.05, 0) is 50.0 Å². The van der Waals surface area contributed by atoms with Crippen molar-refractivity contribution in [2.45, 2.75) is 68.9 Å². The van der Waals surface area contributed by atoms with Crippen LogP contribution < -0.4 is 10.0 Å². The number of hydrogen-bond acceptors (Lipinski definition) is 5. The summed E-state index contributed by atoms with van der Waals surface area (Å²) in [4.78, 5) is 39.6. The molecule has 2 aliphatic carbocycles. The van der Waals surface area contributed by atoms with Gasteiger partial charge in [-0.3, -0.25) is 19.1 Å². The van der Waals surface area contributed by atoms with Gasteiger partial charge in [0.05, 0.1) is 0 Å². The van der Waals surface area contributed by atoms with Gasteiger partial charge < -0.3 is 15.3 Å². The molecule has 3 amide bonds. The van der Waals surface area contributed by atoms with Gasteiger partial charge in [0.15, 0.2) is 0 Å². The summed E-state index contributed by atoms with van der Waals surface area (Å²) in [5.74, 6) is -1.26. The number of amides is 3. The number of likely N-dealkylation sites (tertiary alicyclic amines) is 1. The smallest absolute Gasteiger partial charge is 0.256 e. The van der Waals surface area contributed by atoms with E-state index < -0.39 is 23.6 Å². The van der Waals surface area contributed by atoms with Gasteiger partial charge >= 0.3 is 0 Å². The van der Waals surface area contributed by atoms with E-state index >= 15 is 0 Å². The molecule has 3 N–H and O–H groups in total. The summed E-state index contributed by atoms with van der Waals surface area (Å²) in [6, 6.07) is -0.641. The van der Waals surface area contributed by atoms with Gasteiger partial charge in [0, 0.05) is 17.7 Å². The summed E-state index contributed by atoms with van der Waals surface area (Å²) in [5, 5.41) is 13.5. The zero-order valence-electron chi connectivity index (χ0n) is 15.9. The molecule has 3 unspecified atom stereocenters. The van der Waals surface area contributed by atoms with Crippen molar-refractivity contribution < 1.29 is 19.5 Å². The zero-order valence-corrected chi connectivity index (χ0v) is 16.8. The highest BCUT2D eigenvalue weighted by atomic mass is 32.2. The molecule has 0 bridgehead atoms. The Morgan fingerprint density at radius 3 is 2.56 bits per heavy atom. The van der Waals surface area contributed by atoms with Crippen LogP contribution in [0.25, 0.3) is 0 Å². The first kappa shape index (κ1) is 20.2. The van der Waals surface area contributed by atoms with Crippen LogP contribution in [-0.2, 0) is 14.4 Å². The van der Waals surface area contributed by atoms with Gasteiger partial charge in [-0.25, -0.2) is 0 Å². The first-order valence-electron chi connectivity index (χ1n) is 9.69. The molecule has 8 heteroatoms. The van der Waals surface area contributed by atoms with E-state index in [-0.39, 0.29) is 23.7 Å². The fourth-order valence-corrected chi connectivity index (χ4v) is 4.34. The van der Waals surface area contributed by atoms with Crippen LogP contribution in [0.15, 0.2) is 12.7 Å². The van der Waals surface area contributed by atoms with Gasteiger partial charge in [0.2, 0.25) is 5.91 Å². The minimum atomic E-state index is -1.12. The zero-order chi connectivity index (χ0) is 19.8. The number of nitrogens with zero attached hydrogens (tertiary/aromatic N) is 1. The summed E-state index contributed by atoms with van der Waals surface area (Å²) in [6.45, 7) is 7.74. The van der Waals surface area contributed by atoms with E-state index in [1.54, 1.807) is 19.9 Å². The first-order valence-corrected chi connectivity index (χ1v) is 10.6. The maximum absolute atomic E-state index is 12.9. The van der Waals surface area contributed by atoms with Crippen molar-refractivity contribution in [2.75, 3.05) is 6.54 Å². The third kappa shape index (κ3) is 4.16. The number of rotatable bonds is 8. The topological polar surface area (TPSA) is 98.7 Å². The quantitative estimate of drug-likeness (QED) is 0.420. The van der Waals surface area contributed by atoms with Crippen LogP contribution in [0.3, 0.4) is 0 Å². The number of carbonyl (C=O) groups excluding carboxylic acids is 3. The van der Waals surface area contributed by atoms with Crippen molar-refractivity contribution in [3.63, 3.8) is 0 Å². The lowest BCUT2D eigenvalue weighted by Crippen LogP contribution is -2.56. The first-order chi connectivity index (χ1) is 12.8. The van der Waals surface area contributed by atoms with Gasteiger partial charge in [0.1, 0.15) is 17.7 Å². The highest BCUT2D eigenvalue weighted by Gasteiger charge is 2.60. The van der Waals surface area contributed by atoms with E-state index in [1.807, 2.05) is 0 Å². The Kier molecular flexibility index (Phi) is 5.86. The lowest BCUT2D eigenvalue weighted by molar-refractivity contribution is -0.147. The molecule has 3 rings (SSSR count). The Hall–Kier alpha value is -1.54. The van der Waals surface area contributed by atoms with Gasteiger partial charge in [-0.15, -0.1) is 6.58 Å². The molecule has 0 spiro atoms. The third-order valence-electron chi connectivity index (χ3n) is 5.62. The van der Waals surface area contributed by atoms with Crippen LogP contribution >= 0.6 is 11.9 Å². The molecule has 0 aromatic carbocycles. The van der Waals surface area contributed by atoms with E-state index in [4.69, 9.17) is 0 Å². The maximum atomic E-state index is 12.9. The predicted octanol–water partition coefficient (Wildman–Crippen LogP) is 0.982. The second-order valence-corrected chi connectivity index (χ2v) is 9.24. The molecule has 150 valence electrons. The maximum Gasteiger partial charge on any atom is 0.256 e. The molecule has 0 radical (unpaired) electrons. The molecular weight excluding hydrogens is 366 g/mol. The summed E-state index contributed by atoms with van der Waals surface area (Å²) in [5.41, 5.74) is -0.964. The number of nitrogens with one attached hydrogen (secondary N) is 2. The molecule has 3 fully saturated rings. The molecule has 0 aromatic rings. The van der Waals surface area contributed by atoms with Gasteiger partial charge in [-0.2, -0.15) is 0 Å². The molecule has 1 heterocycles. The lowest BCUT2D eigenvalue weighted by atomic mass is 10.1. The Morgan fingerprint density at radius 1 is 1.30 bits per heavy atom. The van der Waals surface area contributed by atoms with E-state index in [9.17, 15) is 19.5 Å². The van der Waals surface area contributed by atoms with Crippen molar-refractivity contribution >= 4 is 29.7 Å². The molecule has 3 aliphatic rings. The van der Waals surface area contributed by atoms with Crippen LogP contribution in [0.4, 0.5) is 0 Å². The lowest BCUT2D eigenvalue weighted by Gasteiger charge is -2.29. The molecule has 1 saturated heterocycles. The van der Waals surface area contributed by atoms with Crippen molar-refractivity contribution in [3.05, 3.63) is 12.7 Å². The van der Waals surface area contributed by atoms with E-state index in [2.05, 4.69) is 16.6 Å². The summed E-state index contributed by atoms with van der Waals surface area (Å²) in [6.07, 6.45) is 4.55. The standard InChI is InChI=1S/C19H29N3O4S/c1-4-12-10-19(12,18(26)21-27-13-7-8-13)20-16(24)14-6-5-9-22(14)17(25)15(23)11(2)3/h4,11-15,23H,1,5-10H2,2-3H3,(H,20,24)(H,21,26)/t12?,14?,15?,19-/m1/s1. The second-order valence-electron chi connectivity index (χ2n) is 8.13. The van der Waals surface area contributed by atoms with Crippen molar-refractivity contribution in [3.8, 4) is 0 Å². The van der Waals surface area contributed by atoms with Crippen molar-refractivity contribution in [1.82, 2.24) is 14.9 Å². The minimum absolute atomic E-state index is 0.104. The average molecular weight is 396 g/mol. The van der Waals surface area contributed by atoms with E-state index in [0.717, 1.165) is 12.8 Å². The average Bonchev–Trinajstić information content (AvgIpc) is 3.55. The van der Waals surface area contributed by atoms with E-state index in [1.165, 1.54) is 16.8 Å². The SMILES string of the molecule is C=CC1C[C@]1(NC(=O)C1CCCN1C(=O)C(O)C(C)C)C(=O)NSC1CC1. The molecule has 0 aromatic heterocycles. The van der Waals surface area contributed by atoms with Crippen LogP contribution in [0.1, 0.15) is 46.0 Å². The fraction of sp³-hybridized carbons (Fsp3) is 0.737. The minimum Gasteiger partial charge on any atom is -0.383 e. The molecule has 1 aliphatic heterocycles. The summed E-state index contributed by atoms with van der Waals surface area (Å²) in [7, 11) is 0. The molecular formula is C19H29N3O4S. The van der Waals surface area contributed by atoms with Crippen LogP contribution in [0.5, 0.6) is 0 Å². The van der Waals surface area contributed by atoms with Crippen molar-refractivity contribution in [1.29, 1.82) is 0 Å². The van der Waals surface area contributed by atoms with Crippen molar-refractivity contribution in [2.24, 2.45) is 11.8 Å². The Bertz CT molecular complexity index is 636. The monoisotopic (exact) mass is 395 g/mol. The molecule has 2 saturated carbocycles. The predicted molar refractivity (Wildman–Crippen MR) is 104 cm³/mol. The summed E-state index contributed by atoms with van der Waals surface area (Å²) >= 11 is 1.42. The highest BCUT2D eigenvalue weighted by Crippen LogP contribution is 2.45. The van der Waals surface area contributed by atoms with Crippen LogP contribution in [0.2, 0.25) is 0 Å². The number of carbonyl (C=O) groups is 3. The second kappa shape index (κ2) is 7.83. The van der Waals surface area contributed by atoms with Crippen LogP contribution in [-0.4, -0.2) is 57.2 Å². The molecule has 7 nitrogen and oxygen atoms in total. The number of aliphatic hydroxyl groups excluding tert-OH is 1. The van der Waals surface area contributed by atoms with Crippen LogP contribution in [0, 0.1) is 11.8 Å². The van der Waals surface area contributed by atoms with E-state index in [0.29, 0.717) is 31.1 Å². The Morgan fingerprint density at radius 2 is 2.00 bits per heavy atom. The third-order valence-corrected chi connectivity index (χ3v) is 6.72. The number of hydrogen-bond donors (Lipinski definition) is 3. The fourth-order valence-electron chi connectivity index (χ4n) is 3.51. The largest absolute Gasteiger partial charge is 0.383 e. The number of aliphatic hydroxyl groups is 1. The Labute approximate surface area is 164 Å². The normalized spacial score (nSPS) is 30.7. The Balaban J connectivity index is 1.65. The van der Waals surface area contributed by atoms with Gasteiger partial charge in [0.25, 0.3) is 11.8 Å². The molecule has 4 atom stereocenters. The van der Waals surface area contributed by atoms with Gasteiger partial charge in [-0.1, -0.05) is 19.9 Å².